The standard InChI is InChI=1S/C19H35NO2Si2/c1-18(2,3)23(7,8)21-17(16-14-12-11-13-15-16)20-22-24(9,10)19(4,5)6/h11-15H,1-10H3/b20-17-/i20+1. The Morgan fingerprint density at radius 1 is 0.792 bits per heavy atom. The Morgan fingerprint density at radius 3 is 1.67 bits per heavy atom. The van der Waals surface area contributed by atoms with E-state index in [1.54, 1.807) is 0 Å². The lowest BCUT2D eigenvalue weighted by atomic mass is 10.2. The quantitative estimate of drug-likeness (QED) is 0.203. The second kappa shape index (κ2) is 7.04. The zero-order valence-electron chi connectivity index (χ0n) is 17.2. The molecule has 1 rings (SSSR count). The molecule has 3 nitrogen and oxygen atoms in total. The predicted molar refractivity (Wildman–Crippen MR) is 110 cm³/mol. The highest BCUT2D eigenvalue weighted by atomic mass is 28.4. The Bertz CT molecular complexity index is 567. The summed E-state index contributed by atoms with van der Waals surface area (Å²) in [5.41, 5.74) is 0.973. The zero-order chi connectivity index (χ0) is 18.8. The van der Waals surface area contributed by atoms with E-state index in [1.165, 1.54) is 0 Å². The number of nitrogens with zero attached hydrogens (tertiary/aromatic N) is 1. The maximum atomic E-state index is 6.48. The molecule has 0 unspecified atom stereocenters. The minimum absolute atomic E-state index is 0.106. The third kappa shape index (κ3) is 5.21. The fourth-order valence-electron chi connectivity index (χ4n) is 1.40. The summed E-state index contributed by atoms with van der Waals surface area (Å²) in [5, 5.41) is 4.74. The van der Waals surface area contributed by atoms with Gasteiger partial charge in [0.05, 0.1) is 0 Å². The molecule has 1 aromatic carbocycles. The highest BCUT2D eigenvalue weighted by molar-refractivity contribution is 6.76. The van der Waals surface area contributed by atoms with Crippen molar-refractivity contribution in [1.29, 1.82) is 0 Å². The van der Waals surface area contributed by atoms with Crippen molar-refractivity contribution in [3.63, 3.8) is 0 Å². The van der Waals surface area contributed by atoms with E-state index in [0.29, 0.717) is 5.90 Å². The van der Waals surface area contributed by atoms with Gasteiger partial charge in [0.15, 0.2) is 0 Å². The van der Waals surface area contributed by atoms with Crippen LogP contribution in [-0.2, 0) is 8.95 Å². The van der Waals surface area contributed by atoms with Crippen LogP contribution in [0.25, 0.3) is 0 Å². The van der Waals surface area contributed by atoms with Crippen molar-refractivity contribution in [2.24, 2.45) is 5.16 Å². The molecule has 0 fully saturated rings. The van der Waals surface area contributed by atoms with Gasteiger partial charge in [-0.05, 0) is 48.4 Å². The van der Waals surface area contributed by atoms with Crippen molar-refractivity contribution in [1.82, 2.24) is 0 Å². The van der Waals surface area contributed by atoms with Crippen LogP contribution in [0.2, 0.25) is 36.3 Å². The van der Waals surface area contributed by atoms with Gasteiger partial charge in [-0.25, -0.2) is 0 Å². The van der Waals surface area contributed by atoms with Crippen LogP contribution in [0.15, 0.2) is 35.5 Å². The predicted octanol–water partition coefficient (Wildman–Crippen LogP) is 6.39. The van der Waals surface area contributed by atoms with Gasteiger partial charge in [-0.15, -0.1) is 0 Å². The zero-order valence-corrected chi connectivity index (χ0v) is 19.2. The third-order valence-electron chi connectivity index (χ3n) is 5.34. The van der Waals surface area contributed by atoms with E-state index in [9.17, 15) is 0 Å². The van der Waals surface area contributed by atoms with Crippen molar-refractivity contribution in [2.45, 2.75) is 77.8 Å². The molecule has 24 heavy (non-hydrogen) atoms. The molecule has 0 aliphatic carbocycles. The van der Waals surface area contributed by atoms with Crippen LogP contribution in [0.3, 0.4) is 0 Å². The topological polar surface area (TPSA) is 30.8 Å². The Hall–Kier alpha value is -1.08. The summed E-state index contributed by atoms with van der Waals surface area (Å²) in [6.45, 7) is 22.2. The first kappa shape index (κ1) is 21.0. The van der Waals surface area contributed by atoms with Crippen LogP contribution in [0.5, 0.6) is 0 Å². The molecule has 1 aromatic rings. The van der Waals surface area contributed by atoms with Crippen LogP contribution in [-0.4, -0.2) is 22.5 Å². The highest BCUT2D eigenvalue weighted by Gasteiger charge is 2.42. The van der Waals surface area contributed by atoms with Gasteiger partial charge in [0, 0.05) is 5.56 Å². The summed E-state index contributed by atoms with van der Waals surface area (Å²) < 4.78 is 12.6. The average Bonchev–Trinajstić information content (AvgIpc) is 2.42. The fraction of sp³-hybridized carbons (Fsp3) is 0.632. The third-order valence-corrected chi connectivity index (χ3v) is 13.8. The number of hydrogen-bond donors (Lipinski definition) is 0. The number of benzene rings is 1. The molecule has 136 valence electrons. The molecule has 0 bridgehead atoms. The Labute approximate surface area is 150 Å². The summed E-state index contributed by atoms with van der Waals surface area (Å²) in [4.78, 5) is 0. The SMILES string of the molecule is CC(C)(C)[Si](C)(C)O/[15N]=C(\O[Si](C)(C)C(C)(C)C)c1ccccc1. The van der Waals surface area contributed by atoms with E-state index < -0.39 is 16.6 Å². The maximum Gasteiger partial charge on any atom is 0.286 e. The molecule has 0 N–H and O–H groups in total. The minimum atomic E-state index is -1.99. The Kier molecular flexibility index (Phi) is 6.15. The van der Waals surface area contributed by atoms with Crippen molar-refractivity contribution in [3.05, 3.63) is 35.9 Å². The van der Waals surface area contributed by atoms with Gasteiger partial charge in [-0.3, -0.25) is 0 Å². The molecule has 0 aromatic heterocycles. The molecular weight excluding hydrogens is 331 g/mol. The summed E-state index contributed by atoms with van der Waals surface area (Å²) in [6.07, 6.45) is 0. The van der Waals surface area contributed by atoms with E-state index >= 15 is 0 Å². The maximum absolute atomic E-state index is 6.48. The van der Waals surface area contributed by atoms with Gasteiger partial charge in [-0.1, -0.05) is 64.9 Å². The Morgan fingerprint density at radius 2 is 1.25 bits per heavy atom. The normalized spacial score (nSPS) is 14.5. The van der Waals surface area contributed by atoms with Gasteiger partial charge in [0.1, 0.15) is 0 Å². The number of hydrogen-bond acceptors (Lipinski definition) is 3. The van der Waals surface area contributed by atoms with Crippen LogP contribution in [0, 0.1) is 0 Å². The second-order valence-corrected chi connectivity index (χ2v) is 18.9. The van der Waals surface area contributed by atoms with Gasteiger partial charge in [-0.2, -0.15) is 0 Å². The molecule has 0 saturated carbocycles. The lowest BCUT2D eigenvalue weighted by Gasteiger charge is -2.37. The molecule has 0 spiro atoms. The average molecular weight is 367 g/mol. The molecule has 0 amide bonds. The highest BCUT2D eigenvalue weighted by Crippen LogP contribution is 2.38. The first-order valence-electron chi connectivity index (χ1n) is 8.68. The van der Waals surface area contributed by atoms with Crippen LogP contribution < -0.4 is 0 Å². The van der Waals surface area contributed by atoms with Crippen molar-refractivity contribution in [2.75, 3.05) is 0 Å². The first-order valence-corrected chi connectivity index (χ1v) is 14.5. The molecule has 0 aliphatic rings. The summed E-state index contributed by atoms with van der Waals surface area (Å²) in [6, 6.07) is 10.1. The molecule has 0 aliphatic heterocycles. The van der Waals surface area contributed by atoms with Gasteiger partial charge >= 0.3 is 0 Å². The monoisotopic (exact) mass is 366 g/mol. The lowest BCUT2D eigenvalue weighted by Crippen LogP contribution is -2.44. The van der Waals surface area contributed by atoms with E-state index in [0.717, 1.165) is 5.56 Å². The number of rotatable bonds is 4. The minimum Gasteiger partial charge on any atom is -0.528 e. The second-order valence-electron chi connectivity index (χ2n) is 9.48. The van der Waals surface area contributed by atoms with Crippen molar-refractivity contribution in [3.8, 4) is 0 Å². The first-order chi connectivity index (χ1) is 10.7. The van der Waals surface area contributed by atoms with Gasteiger partial charge in [0.25, 0.3) is 16.6 Å². The fourth-order valence-corrected chi connectivity index (χ4v) is 2.93. The van der Waals surface area contributed by atoms with E-state index in [-0.39, 0.29) is 10.1 Å². The Balaban J connectivity index is 3.20. The van der Waals surface area contributed by atoms with E-state index in [4.69, 9.17) is 8.95 Å². The van der Waals surface area contributed by atoms with Crippen molar-refractivity contribution >= 4 is 22.5 Å². The summed E-state index contributed by atoms with van der Waals surface area (Å²) >= 11 is 0. The van der Waals surface area contributed by atoms with E-state index in [1.807, 2.05) is 30.3 Å². The molecule has 0 saturated heterocycles. The van der Waals surface area contributed by atoms with Crippen LogP contribution in [0.4, 0.5) is 0 Å². The van der Waals surface area contributed by atoms with Gasteiger partial charge < -0.3 is 8.95 Å². The molecule has 5 heteroatoms. The molecular formula is C19H35NO2Si2. The molecule has 0 radical (unpaired) electrons. The van der Waals surface area contributed by atoms with Crippen LogP contribution >= 0.6 is 0 Å². The molecule has 0 atom stereocenters. The van der Waals surface area contributed by atoms with Crippen molar-refractivity contribution < 1.29 is 8.95 Å². The van der Waals surface area contributed by atoms with E-state index in [2.05, 4.69) is 72.9 Å². The number of oxime groups is 1. The largest absolute Gasteiger partial charge is 0.528 e. The smallest absolute Gasteiger partial charge is 0.286 e. The summed E-state index contributed by atoms with van der Waals surface area (Å²) in [5.74, 6) is 0.618. The van der Waals surface area contributed by atoms with Gasteiger partial charge in [0.2, 0.25) is 5.90 Å². The van der Waals surface area contributed by atoms with Crippen LogP contribution in [0.1, 0.15) is 47.1 Å². The molecule has 0 heterocycles. The lowest BCUT2D eigenvalue weighted by molar-refractivity contribution is 0.294. The summed E-state index contributed by atoms with van der Waals surface area (Å²) in [7, 11) is -3.96.